The molecule has 106 valence electrons. The van der Waals surface area contributed by atoms with Gasteiger partial charge in [-0.25, -0.2) is 10.1 Å². The van der Waals surface area contributed by atoms with Crippen molar-refractivity contribution in [3.8, 4) is 5.75 Å². The van der Waals surface area contributed by atoms with Crippen LogP contribution in [0, 0.1) is 0 Å². The number of nitrogens with zero attached hydrogens (tertiary/aromatic N) is 2. The lowest BCUT2D eigenvalue weighted by molar-refractivity contribution is 0.303. The first-order valence-corrected chi connectivity index (χ1v) is 6.76. The highest BCUT2D eigenvalue weighted by Crippen LogP contribution is 2.20. The van der Waals surface area contributed by atoms with Gasteiger partial charge in [0.05, 0.1) is 0 Å². The summed E-state index contributed by atoms with van der Waals surface area (Å²) in [4.78, 5) is 4.04. The monoisotopic (exact) mass is 280 g/mol. The molecule has 0 amide bonds. The molecule has 5 heteroatoms. The number of rotatable bonds is 6. The molecule has 0 saturated heterocycles. The second kappa shape index (κ2) is 6.56. The highest BCUT2D eigenvalue weighted by atomic mass is 16.5. The summed E-state index contributed by atoms with van der Waals surface area (Å²) in [6.45, 7) is 1.18. The first-order chi connectivity index (χ1) is 10.4. The van der Waals surface area contributed by atoms with E-state index in [1.807, 2.05) is 42.5 Å². The van der Waals surface area contributed by atoms with Crippen molar-refractivity contribution in [2.75, 3.05) is 5.32 Å². The normalized spacial score (nSPS) is 10.3. The summed E-state index contributed by atoms with van der Waals surface area (Å²) in [6, 6.07) is 18.1. The first-order valence-electron chi connectivity index (χ1n) is 6.76. The summed E-state index contributed by atoms with van der Waals surface area (Å²) in [5.41, 5.74) is 2.22. The maximum atomic E-state index is 5.91. The molecule has 0 aliphatic rings. The molecule has 5 nitrogen and oxygen atoms in total. The molecular formula is C16H16N4O. The maximum absolute atomic E-state index is 5.91. The molecule has 2 aromatic carbocycles. The predicted octanol–water partition coefficient (Wildman–Crippen LogP) is 3.00. The smallest absolute Gasteiger partial charge is 0.218 e. The molecule has 0 aliphatic heterocycles. The van der Waals surface area contributed by atoms with Crippen molar-refractivity contribution < 1.29 is 4.74 Å². The van der Waals surface area contributed by atoms with E-state index >= 15 is 0 Å². The Bertz CT molecular complexity index is 668. The molecule has 0 bridgehead atoms. The summed E-state index contributed by atoms with van der Waals surface area (Å²) in [7, 11) is 0. The van der Waals surface area contributed by atoms with Crippen LogP contribution in [0.3, 0.4) is 0 Å². The molecule has 3 rings (SSSR count). The third-order valence-corrected chi connectivity index (χ3v) is 3.07. The second-order valence-corrected chi connectivity index (χ2v) is 4.57. The molecule has 0 aliphatic carbocycles. The molecule has 3 aromatic rings. The van der Waals surface area contributed by atoms with Gasteiger partial charge in [0.15, 0.2) is 0 Å². The number of ether oxygens (including phenoxy) is 1. The number of hydrogen-bond donors (Lipinski definition) is 2. The van der Waals surface area contributed by atoms with E-state index in [0.29, 0.717) is 19.1 Å². The number of aromatic nitrogens is 3. The first kappa shape index (κ1) is 13.2. The van der Waals surface area contributed by atoms with Crippen LogP contribution in [0.5, 0.6) is 5.75 Å². The lowest BCUT2D eigenvalue weighted by Crippen LogP contribution is -2.04. The van der Waals surface area contributed by atoms with Crippen molar-refractivity contribution in [1.82, 2.24) is 15.2 Å². The molecule has 0 spiro atoms. The van der Waals surface area contributed by atoms with Crippen LogP contribution in [-0.4, -0.2) is 15.2 Å². The zero-order chi connectivity index (χ0) is 14.3. The van der Waals surface area contributed by atoms with Crippen molar-refractivity contribution in [2.24, 2.45) is 0 Å². The largest absolute Gasteiger partial charge is 0.489 e. The number of H-pyrrole nitrogens is 1. The van der Waals surface area contributed by atoms with E-state index in [1.54, 1.807) is 0 Å². The Morgan fingerprint density at radius 3 is 2.62 bits per heavy atom. The standard InChI is InChI=1S/C16H16N4O/c1-2-6-13(7-3-1)11-21-15-9-5-4-8-14(15)10-17-16-18-12-19-20-16/h1-9,12H,10-11H2,(H2,17,18,19,20). The number of aromatic amines is 1. The SMILES string of the molecule is c1ccc(COc2ccccc2CNc2ncn[nH]2)cc1. The Labute approximate surface area is 123 Å². The Balaban J connectivity index is 1.64. The number of hydrogen-bond acceptors (Lipinski definition) is 4. The van der Waals surface area contributed by atoms with Crippen molar-refractivity contribution in [3.05, 3.63) is 72.1 Å². The van der Waals surface area contributed by atoms with Crippen LogP contribution in [0.15, 0.2) is 60.9 Å². The fourth-order valence-electron chi connectivity index (χ4n) is 2.00. The lowest BCUT2D eigenvalue weighted by Gasteiger charge is -2.11. The van der Waals surface area contributed by atoms with Gasteiger partial charge in [0.2, 0.25) is 5.95 Å². The van der Waals surface area contributed by atoms with E-state index in [4.69, 9.17) is 4.74 Å². The van der Waals surface area contributed by atoms with E-state index in [9.17, 15) is 0 Å². The van der Waals surface area contributed by atoms with Crippen LogP contribution in [0.2, 0.25) is 0 Å². The van der Waals surface area contributed by atoms with E-state index in [0.717, 1.165) is 16.9 Å². The molecule has 0 fully saturated rings. The summed E-state index contributed by atoms with van der Waals surface area (Å²) in [5.74, 6) is 1.52. The molecule has 0 saturated carbocycles. The highest BCUT2D eigenvalue weighted by molar-refractivity contribution is 5.36. The van der Waals surface area contributed by atoms with Gasteiger partial charge < -0.3 is 10.1 Å². The zero-order valence-electron chi connectivity index (χ0n) is 11.5. The average molecular weight is 280 g/mol. The Morgan fingerprint density at radius 2 is 1.81 bits per heavy atom. The van der Waals surface area contributed by atoms with Gasteiger partial charge in [0, 0.05) is 12.1 Å². The van der Waals surface area contributed by atoms with E-state index in [1.165, 1.54) is 6.33 Å². The van der Waals surface area contributed by atoms with Crippen LogP contribution in [0.25, 0.3) is 0 Å². The third kappa shape index (κ3) is 3.60. The Hall–Kier alpha value is -2.82. The number of anilines is 1. The minimum absolute atomic E-state index is 0.556. The Kier molecular flexibility index (Phi) is 4.12. The van der Waals surface area contributed by atoms with Gasteiger partial charge >= 0.3 is 0 Å². The van der Waals surface area contributed by atoms with E-state index in [-0.39, 0.29) is 0 Å². The van der Waals surface area contributed by atoms with Gasteiger partial charge in [-0.15, -0.1) is 0 Å². The quantitative estimate of drug-likeness (QED) is 0.728. The van der Waals surface area contributed by atoms with Gasteiger partial charge in [-0.1, -0.05) is 48.5 Å². The van der Waals surface area contributed by atoms with Crippen LogP contribution in [0.4, 0.5) is 5.95 Å². The number of nitrogens with one attached hydrogen (secondary N) is 2. The molecule has 1 aromatic heterocycles. The molecule has 21 heavy (non-hydrogen) atoms. The van der Waals surface area contributed by atoms with Crippen molar-refractivity contribution in [3.63, 3.8) is 0 Å². The topological polar surface area (TPSA) is 62.8 Å². The molecule has 0 atom stereocenters. The number of benzene rings is 2. The van der Waals surface area contributed by atoms with Gasteiger partial charge in [0.25, 0.3) is 0 Å². The minimum Gasteiger partial charge on any atom is -0.489 e. The third-order valence-electron chi connectivity index (χ3n) is 3.07. The molecule has 2 N–H and O–H groups in total. The fourth-order valence-corrected chi connectivity index (χ4v) is 2.00. The zero-order valence-corrected chi connectivity index (χ0v) is 11.5. The molecule has 1 heterocycles. The van der Waals surface area contributed by atoms with Crippen LogP contribution < -0.4 is 10.1 Å². The molecule has 0 radical (unpaired) electrons. The average Bonchev–Trinajstić information content (AvgIpc) is 3.06. The van der Waals surface area contributed by atoms with Gasteiger partial charge in [0.1, 0.15) is 18.7 Å². The summed E-state index contributed by atoms with van der Waals surface area (Å²) in [5, 5.41) is 9.75. The highest BCUT2D eigenvalue weighted by Gasteiger charge is 2.04. The van der Waals surface area contributed by atoms with Crippen LogP contribution in [-0.2, 0) is 13.2 Å². The predicted molar refractivity (Wildman–Crippen MR) is 80.9 cm³/mol. The van der Waals surface area contributed by atoms with Gasteiger partial charge in [-0.3, -0.25) is 0 Å². The van der Waals surface area contributed by atoms with Crippen molar-refractivity contribution in [1.29, 1.82) is 0 Å². The van der Waals surface area contributed by atoms with E-state index in [2.05, 4.69) is 32.6 Å². The minimum atomic E-state index is 0.556. The summed E-state index contributed by atoms with van der Waals surface area (Å²) < 4.78 is 5.91. The van der Waals surface area contributed by atoms with Gasteiger partial charge in [-0.05, 0) is 11.6 Å². The van der Waals surface area contributed by atoms with Crippen molar-refractivity contribution in [2.45, 2.75) is 13.2 Å². The summed E-state index contributed by atoms with van der Waals surface area (Å²) in [6.07, 6.45) is 1.47. The summed E-state index contributed by atoms with van der Waals surface area (Å²) >= 11 is 0. The maximum Gasteiger partial charge on any atom is 0.218 e. The Morgan fingerprint density at radius 1 is 1.00 bits per heavy atom. The van der Waals surface area contributed by atoms with E-state index < -0.39 is 0 Å². The lowest BCUT2D eigenvalue weighted by atomic mass is 10.2. The van der Waals surface area contributed by atoms with Crippen LogP contribution in [0.1, 0.15) is 11.1 Å². The van der Waals surface area contributed by atoms with Gasteiger partial charge in [-0.2, -0.15) is 5.10 Å². The van der Waals surface area contributed by atoms with Crippen LogP contribution >= 0.6 is 0 Å². The second-order valence-electron chi connectivity index (χ2n) is 4.57. The number of para-hydroxylation sites is 1. The molecule has 0 unspecified atom stereocenters. The fraction of sp³-hybridized carbons (Fsp3) is 0.125. The van der Waals surface area contributed by atoms with Crippen molar-refractivity contribution >= 4 is 5.95 Å². The molecular weight excluding hydrogens is 264 g/mol.